The molecule has 2 aromatic heterocycles. The number of alkyl carbamates (subject to hydrolysis) is 1. The number of nitrogens with one attached hydrogen (secondary N) is 1. The number of rotatable bonds is 5. The molecule has 0 aliphatic carbocycles. The van der Waals surface area contributed by atoms with E-state index in [1.807, 2.05) is 18.2 Å². The molecule has 2 rings (SSSR count). The summed E-state index contributed by atoms with van der Waals surface area (Å²) >= 11 is 0. The van der Waals surface area contributed by atoms with Gasteiger partial charge in [0, 0.05) is 18.4 Å². The molecule has 0 radical (unpaired) electrons. The first-order chi connectivity index (χ1) is 11.4. The maximum absolute atomic E-state index is 12.0. The van der Waals surface area contributed by atoms with E-state index in [1.54, 1.807) is 39.4 Å². The third kappa shape index (κ3) is 5.27. The Morgan fingerprint density at radius 1 is 1.25 bits per heavy atom. The van der Waals surface area contributed by atoms with E-state index in [1.165, 1.54) is 0 Å². The van der Waals surface area contributed by atoms with Gasteiger partial charge in [0.1, 0.15) is 5.60 Å². The highest BCUT2D eigenvalue weighted by atomic mass is 16.6. The zero-order valence-corrected chi connectivity index (χ0v) is 14.1. The van der Waals surface area contributed by atoms with Crippen molar-refractivity contribution in [3.05, 3.63) is 42.4 Å². The lowest BCUT2D eigenvalue weighted by molar-refractivity contribution is 0.0496. The van der Waals surface area contributed by atoms with Crippen LogP contribution in [-0.2, 0) is 4.74 Å². The molecule has 0 aromatic carbocycles. The van der Waals surface area contributed by atoms with Gasteiger partial charge in [0.05, 0.1) is 24.1 Å². The average molecular weight is 330 g/mol. The first-order valence-corrected chi connectivity index (χ1v) is 7.72. The molecular weight excluding hydrogens is 308 g/mol. The van der Waals surface area contributed by atoms with Crippen LogP contribution in [0.25, 0.3) is 11.3 Å². The van der Waals surface area contributed by atoms with Crippen LogP contribution in [0.3, 0.4) is 0 Å². The quantitative estimate of drug-likeness (QED) is 0.874. The number of hydrogen-bond acceptors (Lipinski definition) is 6. The third-order valence-electron chi connectivity index (χ3n) is 3.18. The Kier molecular flexibility index (Phi) is 5.81. The summed E-state index contributed by atoms with van der Waals surface area (Å²) in [6.45, 7) is 5.34. The van der Waals surface area contributed by atoms with Crippen molar-refractivity contribution in [1.29, 1.82) is 0 Å². The number of hydrogen-bond donors (Lipinski definition) is 2. The summed E-state index contributed by atoms with van der Waals surface area (Å²) in [4.78, 5) is 16.3. The van der Waals surface area contributed by atoms with E-state index in [9.17, 15) is 9.90 Å². The highest BCUT2D eigenvalue weighted by Gasteiger charge is 2.20. The van der Waals surface area contributed by atoms with E-state index in [2.05, 4.69) is 20.5 Å². The molecule has 0 saturated heterocycles. The second-order valence-corrected chi connectivity index (χ2v) is 6.32. The van der Waals surface area contributed by atoms with Crippen LogP contribution in [0.5, 0.6) is 0 Å². The number of nitrogens with zero attached hydrogens (tertiary/aromatic N) is 3. The van der Waals surface area contributed by atoms with Gasteiger partial charge in [0.2, 0.25) is 0 Å². The highest BCUT2D eigenvalue weighted by molar-refractivity contribution is 5.68. The first kappa shape index (κ1) is 17.8. The fourth-order valence-corrected chi connectivity index (χ4v) is 2.13. The van der Waals surface area contributed by atoms with Crippen molar-refractivity contribution in [2.45, 2.75) is 38.8 Å². The molecule has 1 atom stereocenters. The predicted octanol–water partition coefficient (Wildman–Crippen LogP) is 2.49. The molecule has 0 saturated carbocycles. The van der Waals surface area contributed by atoms with Gasteiger partial charge >= 0.3 is 6.09 Å². The topological polar surface area (TPSA) is 97.2 Å². The Labute approximate surface area is 141 Å². The second-order valence-electron chi connectivity index (χ2n) is 6.32. The Morgan fingerprint density at radius 2 is 2.04 bits per heavy atom. The van der Waals surface area contributed by atoms with E-state index in [0.29, 0.717) is 6.42 Å². The molecular formula is C17H22N4O3. The van der Waals surface area contributed by atoms with E-state index >= 15 is 0 Å². The lowest BCUT2D eigenvalue weighted by Gasteiger charge is -2.23. The summed E-state index contributed by atoms with van der Waals surface area (Å²) in [5.74, 6) is 0. The molecule has 0 aliphatic rings. The molecule has 0 spiro atoms. The Hall–Kier alpha value is -2.54. The Bertz CT molecular complexity index is 654. The van der Waals surface area contributed by atoms with Crippen molar-refractivity contribution in [2.75, 3.05) is 6.61 Å². The monoisotopic (exact) mass is 330 g/mol. The summed E-state index contributed by atoms with van der Waals surface area (Å²) in [6, 6.07) is 5.15. The van der Waals surface area contributed by atoms with Gasteiger partial charge in [-0.25, -0.2) is 4.79 Å². The maximum atomic E-state index is 12.0. The second kappa shape index (κ2) is 7.83. The molecule has 0 aliphatic heterocycles. The number of pyridine rings is 1. The minimum absolute atomic E-state index is 0.0590. The van der Waals surface area contributed by atoms with Crippen LogP contribution < -0.4 is 5.32 Å². The van der Waals surface area contributed by atoms with E-state index in [0.717, 1.165) is 16.8 Å². The number of aliphatic hydroxyl groups is 1. The lowest BCUT2D eigenvalue weighted by Crippen LogP contribution is -2.35. The Morgan fingerprint density at radius 3 is 2.58 bits per heavy atom. The molecule has 128 valence electrons. The molecule has 0 fully saturated rings. The van der Waals surface area contributed by atoms with Gasteiger partial charge in [0.15, 0.2) is 0 Å². The van der Waals surface area contributed by atoms with Gasteiger partial charge in [-0.2, -0.15) is 10.2 Å². The van der Waals surface area contributed by atoms with Crippen LogP contribution in [0, 0.1) is 0 Å². The van der Waals surface area contributed by atoms with Crippen LogP contribution in [0.1, 0.15) is 38.8 Å². The van der Waals surface area contributed by atoms with Crippen molar-refractivity contribution in [3.8, 4) is 11.3 Å². The molecule has 2 heterocycles. The predicted molar refractivity (Wildman–Crippen MR) is 89.1 cm³/mol. The van der Waals surface area contributed by atoms with Gasteiger partial charge in [-0.05, 0) is 44.9 Å². The number of amides is 1. The molecule has 0 bridgehead atoms. The molecule has 0 unspecified atom stereocenters. The summed E-state index contributed by atoms with van der Waals surface area (Å²) in [6.07, 6.45) is 4.75. The molecule has 2 aromatic rings. The van der Waals surface area contributed by atoms with Gasteiger partial charge in [0.25, 0.3) is 0 Å². The van der Waals surface area contributed by atoms with Gasteiger partial charge in [-0.3, -0.25) is 4.98 Å². The van der Waals surface area contributed by atoms with Crippen molar-refractivity contribution in [1.82, 2.24) is 20.5 Å². The molecule has 24 heavy (non-hydrogen) atoms. The third-order valence-corrected chi connectivity index (χ3v) is 3.18. The standard InChI is InChI=1S/C17H22N4O3/c1-17(2,3)24-16(23)21-15(7-9-22)12-4-5-14(18-10-12)13-6-8-19-20-11-13/h4-6,8,10-11,15,22H,7,9H2,1-3H3,(H,21,23)/t15-/m1/s1. The average Bonchev–Trinajstić information content (AvgIpc) is 2.54. The summed E-state index contributed by atoms with van der Waals surface area (Å²) in [7, 11) is 0. The Balaban J connectivity index is 2.12. The van der Waals surface area contributed by atoms with E-state index < -0.39 is 11.7 Å². The van der Waals surface area contributed by atoms with Gasteiger partial charge in [-0.1, -0.05) is 6.07 Å². The fraction of sp³-hybridized carbons (Fsp3) is 0.412. The van der Waals surface area contributed by atoms with Crippen LogP contribution >= 0.6 is 0 Å². The molecule has 1 amide bonds. The maximum Gasteiger partial charge on any atom is 0.408 e. The van der Waals surface area contributed by atoms with Crippen molar-refractivity contribution < 1.29 is 14.6 Å². The molecule has 7 heteroatoms. The van der Waals surface area contributed by atoms with Crippen molar-refractivity contribution >= 4 is 6.09 Å². The lowest BCUT2D eigenvalue weighted by atomic mass is 10.1. The largest absolute Gasteiger partial charge is 0.444 e. The van der Waals surface area contributed by atoms with Crippen molar-refractivity contribution in [2.24, 2.45) is 0 Å². The number of carbonyl (C=O) groups is 1. The zero-order valence-electron chi connectivity index (χ0n) is 14.1. The minimum atomic E-state index is -0.579. The normalized spacial score (nSPS) is 12.5. The molecule has 2 N–H and O–H groups in total. The smallest absolute Gasteiger partial charge is 0.408 e. The first-order valence-electron chi connectivity index (χ1n) is 7.72. The van der Waals surface area contributed by atoms with Gasteiger partial charge in [-0.15, -0.1) is 0 Å². The van der Waals surface area contributed by atoms with E-state index in [-0.39, 0.29) is 12.6 Å². The van der Waals surface area contributed by atoms with Crippen molar-refractivity contribution in [3.63, 3.8) is 0 Å². The minimum Gasteiger partial charge on any atom is -0.444 e. The van der Waals surface area contributed by atoms with Crippen LogP contribution in [0.15, 0.2) is 36.8 Å². The zero-order chi connectivity index (χ0) is 17.6. The fourth-order valence-electron chi connectivity index (χ4n) is 2.13. The SMILES string of the molecule is CC(C)(C)OC(=O)N[C@H](CCO)c1ccc(-c2ccnnc2)nc1. The summed E-state index contributed by atoms with van der Waals surface area (Å²) in [5, 5.41) is 19.6. The number of ether oxygens (including phenoxy) is 1. The summed E-state index contributed by atoms with van der Waals surface area (Å²) < 4.78 is 5.26. The number of aromatic nitrogens is 3. The highest BCUT2D eigenvalue weighted by Crippen LogP contribution is 2.20. The number of aliphatic hydroxyl groups excluding tert-OH is 1. The van der Waals surface area contributed by atoms with Gasteiger partial charge < -0.3 is 15.2 Å². The van der Waals surface area contributed by atoms with Crippen LogP contribution in [0.4, 0.5) is 4.79 Å². The van der Waals surface area contributed by atoms with Crippen LogP contribution in [0.2, 0.25) is 0 Å². The summed E-state index contributed by atoms with van der Waals surface area (Å²) in [5.41, 5.74) is 1.83. The van der Waals surface area contributed by atoms with Crippen LogP contribution in [-0.4, -0.2) is 38.6 Å². The molecule has 7 nitrogen and oxygen atoms in total. The number of carbonyl (C=O) groups excluding carboxylic acids is 1. The van der Waals surface area contributed by atoms with E-state index in [4.69, 9.17) is 4.74 Å².